The Balaban J connectivity index is 2.31. The van der Waals surface area contributed by atoms with E-state index in [-0.39, 0.29) is 0 Å². The van der Waals surface area contributed by atoms with Gasteiger partial charge in [-0.3, -0.25) is 4.98 Å². The number of fused-ring (bicyclic) bond motifs is 1. The zero-order valence-corrected chi connectivity index (χ0v) is 13.5. The van der Waals surface area contributed by atoms with Crippen LogP contribution in [0.25, 0.3) is 22.3 Å². The number of hydrogen-bond acceptors (Lipinski definition) is 4. The monoisotopic (exact) mass is 342 g/mol. The van der Waals surface area contributed by atoms with Crippen LogP contribution in [-0.4, -0.2) is 15.0 Å². The third kappa shape index (κ3) is 2.38. The van der Waals surface area contributed by atoms with Crippen LogP contribution in [0.15, 0.2) is 34.9 Å². The molecule has 0 aliphatic heterocycles. The van der Waals surface area contributed by atoms with Crippen molar-refractivity contribution in [2.75, 3.05) is 5.73 Å². The lowest BCUT2D eigenvalue weighted by molar-refractivity contribution is 0.982. The normalized spacial score (nSPS) is 11.0. The summed E-state index contributed by atoms with van der Waals surface area (Å²) in [5, 5.41) is 1.04. The highest BCUT2D eigenvalue weighted by Crippen LogP contribution is 2.31. The van der Waals surface area contributed by atoms with Crippen molar-refractivity contribution < 1.29 is 0 Å². The molecule has 5 heteroatoms. The van der Waals surface area contributed by atoms with Gasteiger partial charge in [-0.15, -0.1) is 0 Å². The Hall–Kier alpha value is -2.01. The molecule has 0 spiro atoms. The summed E-state index contributed by atoms with van der Waals surface area (Å²) in [6.45, 7) is 4.02. The third-order valence-corrected chi connectivity index (χ3v) is 4.27. The summed E-state index contributed by atoms with van der Waals surface area (Å²) >= 11 is 3.55. The minimum absolute atomic E-state index is 0.531. The molecule has 0 aliphatic rings. The number of nitrogens with two attached hydrogens (primary N) is 1. The minimum Gasteiger partial charge on any atom is -0.383 e. The van der Waals surface area contributed by atoms with Crippen molar-refractivity contribution in [1.29, 1.82) is 0 Å². The van der Waals surface area contributed by atoms with Crippen LogP contribution >= 0.6 is 15.9 Å². The number of aryl methyl sites for hydroxylation is 1. The SMILES string of the molecule is CCc1nc(-c2ccc(Br)c3cccnc23)nc(N)c1C. The van der Waals surface area contributed by atoms with Crippen molar-refractivity contribution in [3.8, 4) is 11.4 Å². The van der Waals surface area contributed by atoms with E-state index in [1.165, 1.54) is 0 Å². The maximum Gasteiger partial charge on any atom is 0.163 e. The molecule has 0 radical (unpaired) electrons. The number of nitrogens with zero attached hydrogens (tertiary/aromatic N) is 3. The first-order valence-corrected chi connectivity index (χ1v) is 7.57. The van der Waals surface area contributed by atoms with Crippen LogP contribution in [0.5, 0.6) is 0 Å². The van der Waals surface area contributed by atoms with Gasteiger partial charge in [-0.25, -0.2) is 9.97 Å². The Bertz CT molecular complexity index is 830. The van der Waals surface area contributed by atoms with E-state index in [2.05, 4.69) is 37.8 Å². The van der Waals surface area contributed by atoms with Crippen molar-refractivity contribution >= 4 is 32.7 Å². The fourth-order valence-electron chi connectivity index (χ4n) is 2.37. The van der Waals surface area contributed by atoms with Crippen molar-refractivity contribution in [2.24, 2.45) is 0 Å². The molecule has 0 saturated carbocycles. The first-order chi connectivity index (χ1) is 10.1. The van der Waals surface area contributed by atoms with Gasteiger partial charge in [0.25, 0.3) is 0 Å². The fraction of sp³-hybridized carbons (Fsp3) is 0.188. The lowest BCUT2D eigenvalue weighted by Crippen LogP contribution is -2.04. The van der Waals surface area contributed by atoms with Gasteiger partial charge in [-0.1, -0.05) is 28.9 Å². The quantitative estimate of drug-likeness (QED) is 0.766. The summed E-state index contributed by atoms with van der Waals surface area (Å²) < 4.78 is 1.00. The molecule has 0 amide bonds. The second-order valence-electron chi connectivity index (χ2n) is 4.85. The summed E-state index contributed by atoms with van der Waals surface area (Å²) in [7, 11) is 0. The van der Waals surface area contributed by atoms with Crippen molar-refractivity contribution in [3.05, 3.63) is 46.2 Å². The van der Waals surface area contributed by atoms with Crippen LogP contribution in [0.3, 0.4) is 0 Å². The fourth-order valence-corrected chi connectivity index (χ4v) is 2.82. The largest absolute Gasteiger partial charge is 0.383 e. The number of anilines is 1. The van der Waals surface area contributed by atoms with Gasteiger partial charge in [0.05, 0.1) is 5.52 Å². The van der Waals surface area contributed by atoms with E-state index in [0.717, 1.165) is 38.6 Å². The van der Waals surface area contributed by atoms with E-state index in [9.17, 15) is 0 Å². The average molecular weight is 343 g/mol. The number of nitrogen functional groups attached to an aromatic ring is 1. The standard InChI is InChI=1S/C16H15BrN4/c1-3-13-9(2)15(18)21-16(20-13)11-6-7-12(17)10-5-4-8-19-14(10)11/h4-8H,3H2,1-2H3,(H2,18,20,21). The molecule has 21 heavy (non-hydrogen) atoms. The summed E-state index contributed by atoms with van der Waals surface area (Å²) in [4.78, 5) is 13.6. The molecule has 4 nitrogen and oxygen atoms in total. The molecule has 0 fully saturated rings. The van der Waals surface area contributed by atoms with Gasteiger partial charge in [0.1, 0.15) is 5.82 Å². The van der Waals surface area contributed by atoms with Crippen molar-refractivity contribution in [2.45, 2.75) is 20.3 Å². The zero-order chi connectivity index (χ0) is 15.0. The number of pyridine rings is 1. The predicted octanol–water partition coefficient (Wildman–Crippen LogP) is 3.91. The van der Waals surface area contributed by atoms with Gasteiger partial charge < -0.3 is 5.73 Å². The smallest absolute Gasteiger partial charge is 0.163 e. The second-order valence-corrected chi connectivity index (χ2v) is 5.71. The van der Waals surface area contributed by atoms with E-state index in [1.54, 1.807) is 6.20 Å². The lowest BCUT2D eigenvalue weighted by atomic mass is 10.1. The molecule has 0 unspecified atom stereocenters. The maximum atomic E-state index is 6.03. The Morgan fingerprint density at radius 2 is 2.00 bits per heavy atom. The summed E-state index contributed by atoms with van der Waals surface area (Å²) in [6, 6.07) is 7.90. The maximum absolute atomic E-state index is 6.03. The summed E-state index contributed by atoms with van der Waals surface area (Å²) in [5.74, 6) is 1.16. The molecule has 2 N–H and O–H groups in total. The van der Waals surface area contributed by atoms with Crippen LogP contribution in [0.4, 0.5) is 5.82 Å². The summed E-state index contributed by atoms with van der Waals surface area (Å²) in [6.07, 6.45) is 2.60. The number of halogens is 1. The van der Waals surface area contributed by atoms with Gasteiger partial charge >= 0.3 is 0 Å². The second kappa shape index (κ2) is 5.41. The van der Waals surface area contributed by atoms with Crippen LogP contribution < -0.4 is 5.73 Å². The van der Waals surface area contributed by atoms with Gasteiger partial charge in [0.15, 0.2) is 5.82 Å². The molecular weight excluding hydrogens is 328 g/mol. The number of hydrogen-bond donors (Lipinski definition) is 1. The topological polar surface area (TPSA) is 64.7 Å². The van der Waals surface area contributed by atoms with Crippen LogP contribution in [-0.2, 0) is 6.42 Å². The number of aromatic nitrogens is 3. The van der Waals surface area contributed by atoms with E-state index < -0.39 is 0 Å². The molecule has 0 atom stereocenters. The first-order valence-electron chi connectivity index (χ1n) is 6.78. The van der Waals surface area contributed by atoms with E-state index >= 15 is 0 Å². The highest BCUT2D eigenvalue weighted by molar-refractivity contribution is 9.10. The average Bonchev–Trinajstić information content (AvgIpc) is 2.51. The molecule has 0 saturated heterocycles. The first kappa shape index (κ1) is 13.9. The van der Waals surface area contributed by atoms with Crippen molar-refractivity contribution in [1.82, 2.24) is 15.0 Å². The van der Waals surface area contributed by atoms with E-state index in [0.29, 0.717) is 11.6 Å². The Morgan fingerprint density at radius 1 is 1.19 bits per heavy atom. The molecule has 3 rings (SSSR count). The number of rotatable bonds is 2. The lowest BCUT2D eigenvalue weighted by Gasteiger charge is -2.10. The molecule has 3 aromatic rings. The van der Waals surface area contributed by atoms with Crippen molar-refractivity contribution in [3.63, 3.8) is 0 Å². The molecule has 2 aromatic heterocycles. The molecule has 0 aliphatic carbocycles. The third-order valence-electron chi connectivity index (χ3n) is 3.58. The minimum atomic E-state index is 0.531. The van der Waals surface area contributed by atoms with Gasteiger partial charge in [-0.05, 0) is 31.5 Å². The van der Waals surface area contributed by atoms with Crippen LogP contribution in [0, 0.1) is 6.92 Å². The van der Waals surface area contributed by atoms with Gasteiger partial charge in [0, 0.05) is 32.9 Å². The van der Waals surface area contributed by atoms with Crippen LogP contribution in [0.1, 0.15) is 18.2 Å². The molecule has 2 heterocycles. The molecule has 1 aromatic carbocycles. The summed E-state index contributed by atoms with van der Waals surface area (Å²) in [5.41, 5.74) is 9.73. The van der Waals surface area contributed by atoms with Crippen LogP contribution in [0.2, 0.25) is 0 Å². The molecular formula is C16H15BrN4. The highest BCUT2D eigenvalue weighted by atomic mass is 79.9. The zero-order valence-electron chi connectivity index (χ0n) is 11.9. The van der Waals surface area contributed by atoms with Gasteiger partial charge in [0.2, 0.25) is 0 Å². The Kier molecular flexibility index (Phi) is 3.59. The van der Waals surface area contributed by atoms with E-state index in [1.807, 2.05) is 31.2 Å². The predicted molar refractivity (Wildman–Crippen MR) is 89.0 cm³/mol. The Labute approximate surface area is 131 Å². The molecule has 106 valence electrons. The number of benzene rings is 1. The Morgan fingerprint density at radius 3 is 2.76 bits per heavy atom. The molecule has 0 bridgehead atoms. The highest BCUT2D eigenvalue weighted by Gasteiger charge is 2.13. The van der Waals surface area contributed by atoms with Gasteiger partial charge in [-0.2, -0.15) is 0 Å². The van der Waals surface area contributed by atoms with E-state index in [4.69, 9.17) is 5.73 Å².